The molecule has 3 aromatic heterocycles. The monoisotopic (exact) mass is 374 g/mol. The van der Waals surface area contributed by atoms with Crippen molar-refractivity contribution < 1.29 is 0 Å². The molecule has 0 aromatic carbocycles. The number of hydrogen-bond acceptors (Lipinski definition) is 3. The highest BCUT2D eigenvalue weighted by Crippen LogP contribution is 2.33. The van der Waals surface area contributed by atoms with E-state index in [-0.39, 0.29) is 5.43 Å². The van der Waals surface area contributed by atoms with Gasteiger partial charge in [0.05, 0.1) is 11.0 Å². The number of nitrogens with zero attached hydrogens (tertiary/aromatic N) is 3. The second-order valence-electron chi connectivity index (χ2n) is 8.16. The molecule has 5 heteroatoms. The average Bonchev–Trinajstić information content (AvgIpc) is 2.82. The molecule has 2 aliphatic rings. The molecular formula is C23H26N4O. The van der Waals surface area contributed by atoms with Gasteiger partial charge in [-0.15, -0.1) is 0 Å². The van der Waals surface area contributed by atoms with Crippen LogP contribution in [0.25, 0.3) is 22.8 Å². The van der Waals surface area contributed by atoms with Crippen molar-refractivity contribution in [2.45, 2.75) is 45.6 Å². The van der Waals surface area contributed by atoms with Crippen molar-refractivity contribution >= 4 is 22.8 Å². The van der Waals surface area contributed by atoms with Crippen molar-refractivity contribution in [2.75, 3.05) is 13.6 Å². The van der Waals surface area contributed by atoms with Crippen molar-refractivity contribution in [3.05, 3.63) is 62.8 Å². The van der Waals surface area contributed by atoms with Crippen LogP contribution in [0, 0.1) is 6.92 Å². The summed E-state index contributed by atoms with van der Waals surface area (Å²) < 4.78 is 2.33. The Kier molecular flexibility index (Phi) is 4.20. The molecule has 0 unspecified atom stereocenters. The number of hydrogen-bond donors (Lipinski definition) is 1. The summed E-state index contributed by atoms with van der Waals surface area (Å²) >= 11 is 0. The van der Waals surface area contributed by atoms with Crippen LogP contribution >= 0.6 is 0 Å². The van der Waals surface area contributed by atoms with E-state index in [0.717, 1.165) is 78.8 Å². The fourth-order valence-corrected chi connectivity index (χ4v) is 4.78. The molecule has 0 amide bonds. The molecule has 1 aliphatic carbocycles. The third kappa shape index (κ3) is 2.81. The Morgan fingerprint density at radius 2 is 2.04 bits per heavy atom. The zero-order chi connectivity index (χ0) is 19.3. The molecule has 144 valence electrons. The zero-order valence-electron chi connectivity index (χ0n) is 16.6. The van der Waals surface area contributed by atoms with E-state index in [4.69, 9.17) is 4.98 Å². The quantitative estimate of drug-likeness (QED) is 0.706. The van der Waals surface area contributed by atoms with Crippen LogP contribution in [0.2, 0.25) is 0 Å². The van der Waals surface area contributed by atoms with Gasteiger partial charge in [0.1, 0.15) is 0 Å². The molecule has 0 saturated carbocycles. The average molecular weight is 374 g/mol. The van der Waals surface area contributed by atoms with Gasteiger partial charge in [0.25, 0.3) is 0 Å². The molecule has 0 radical (unpaired) electrons. The number of aromatic amines is 1. The number of fused-ring (bicyclic) bond motifs is 4. The molecule has 0 bridgehead atoms. The number of aromatic nitrogens is 3. The van der Waals surface area contributed by atoms with E-state index in [1.807, 2.05) is 0 Å². The minimum absolute atomic E-state index is 0.121. The number of rotatable bonds is 1. The number of nitrogens with one attached hydrogen (secondary N) is 1. The van der Waals surface area contributed by atoms with Gasteiger partial charge in [-0.2, -0.15) is 0 Å². The Hall–Kier alpha value is -2.66. The number of H-pyrrole nitrogens is 1. The highest BCUT2D eigenvalue weighted by Gasteiger charge is 2.23. The Labute approximate surface area is 164 Å². The lowest BCUT2D eigenvalue weighted by molar-refractivity contribution is 0.333. The predicted molar refractivity (Wildman–Crippen MR) is 113 cm³/mol. The maximum absolute atomic E-state index is 12.6. The van der Waals surface area contributed by atoms with E-state index < -0.39 is 0 Å². The lowest BCUT2D eigenvalue weighted by Crippen LogP contribution is -2.17. The Morgan fingerprint density at radius 3 is 2.93 bits per heavy atom. The smallest absolute Gasteiger partial charge is 0.189 e. The van der Waals surface area contributed by atoms with Crippen LogP contribution in [-0.2, 0) is 19.4 Å². The largest absolute Gasteiger partial charge is 0.364 e. The summed E-state index contributed by atoms with van der Waals surface area (Å²) in [6.07, 6.45) is 9.11. The SMILES string of the molecule is Cc1ccc2c(n1)c1c(n2/C=C2\CCCc3[nH]ccc(=O)c32)CCCN(C)C1. The van der Waals surface area contributed by atoms with E-state index in [9.17, 15) is 4.79 Å². The summed E-state index contributed by atoms with van der Waals surface area (Å²) in [4.78, 5) is 23.2. The molecule has 0 saturated heterocycles. The van der Waals surface area contributed by atoms with Crippen molar-refractivity contribution in [2.24, 2.45) is 0 Å². The van der Waals surface area contributed by atoms with Gasteiger partial charge in [-0.3, -0.25) is 9.78 Å². The first kappa shape index (κ1) is 17.4. The second-order valence-corrected chi connectivity index (χ2v) is 8.16. The minimum Gasteiger partial charge on any atom is -0.364 e. The molecule has 28 heavy (non-hydrogen) atoms. The molecule has 1 aliphatic heterocycles. The topological polar surface area (TPSA) is 53.9 Å². The summed E-state index contributed by atoms with van der Waals surface area (Å²) in [5.41, 5.74) is 9.20. The fraction of sp³-hybridized carbons (Fsp3) is 0.391. The maximum Gasteiger partial charge on any atom is 0.189 e. The predicted octanol–water partition coefficient (Wildman–Crippen LogP) is 3.75. The highest BCUT2D eigenvalue weighted by molar-refractivity contribution is 5.88. The van der Waals surface area contributed by atoms with Gasteiger partial charge in [0.2, 0.25) is 0 Å². The summed E-state index contributed by atoms with van der Waals surface area (Å²) in [7, 11) is 2.18. The Morgan fingerprint density at radius 1 is 1.14 bits per heavy atom. The van der Waals surface area contributed by atoms with Crippen LogP contribution in [-0.4, -0.2) is 33.0 Å². The highest BCUT2D eigenvalue weighted by atomic mass is 16.1. The molecule has 0 spiro atoms. The van der Waals surface area contributed by atoms with Crippen LogP contribution < -0.4 is 5.43 Å². The summed E-state index contributed by atoms with van der Waals surface area (Å²) in [6.45, 7) is 4.08. The number of aryl methyl sites for hydroxylation is 2. The first-order valence-electron chi connectivity index (χ1n) is 10.2. The lowest BCUT2D eigenvalue weighted by atomic mass is 9.91. The van der Waals surface area contributed by atoms with E-state index in [0.29, 0.717) is 0 Å². The molecular weight excluding hydrogens is 348 g/mol. The van der Waals surface area contributed by atoms with E-state index in [1.165, 1.54) is 11.3 Å². The van der Waals surface area contributed by atoms with Gasteiger partial charge in [-0.1, -0.05) is 0 Å². The van der Waals surface area contributed by atoms with Gasteiger partial charge < -0.3 is 14.5 Å². The van der Waals surface area contributed by atoms with Crippen LogP contribution in [0.5, 0.6) is 0 Å². The van der Waals surface area contributed by atoms with Crippen molar-refractivity contribution in [3.63, 3.8) is 0 Å². The van der Waals surface area contributed by atoms with Gasteiger partial charge in [-0.25, -0.2) is 0 Å². The molecule has 5 rings (SSSR count). The summed E-state index contributed by atoms with van der Waals surface area (Å²) in [6, 6.07) is 5.91. The molecule has 0 fully saturated rings. The fourth-order valence-electron chi connectivity index (χ4n) is 4.78. The number of allylic oxidation sites excluding steroid dienone is 1. The standard InChI is InChI=1S/C23H26N4O/c1-15-8-9-20-23(25-15)17-14-26(2)12-4-7-19(17)27(20)13-16-5-3-6-18-22(16)21(28)10-11-24-18/h8-11,13H,3-7,12,14H2,1-2H3,(H,24,28)/b16-13+. The van der Waals surface area contributed by atoms with Gasteiger partial charge in [0, 0.05) is 53.2 Å². The first-order chi connectivity index (χ1) is 13.6. The zero-order valence-corrected chi connectivity index (χ0v) is 16.6. The van der Waals surface area contributed by atoms with Gasteiger partial charge in [-0.05, 0) is 70.3 Å². The molecule has 0 atom stereocenters. The lowest BCUT2D eigenvalue weighted by Gasteiger charge is -2.18. The van der Waals surface area contributed by atoms with Crippen LogP contribution in [0.3, 0.4) is 0 Å². The third-order valence-corrected chi connectivity index (χ3v) is 6.10. The van der Waals surface area contributed by atoms with Crippen molar-refractivity contribution in [1.82, 2.24) is 19.4 Å². The maximum atomic E-state index is 12.6. The minimum atomic E-state index is 0.121. The molecule has 4 heterocycles. The van der Waals surface area contributed by atoms with Crippen LogP contribution in [0.1, 0.15) is 47.5 Å². The van der Waals surface area contributed by atoms with Crippen molar-refractivity contribution in [1.29, 1.82) is 0 Å². The molecule has 5 nitrogen and oxygen atoms in total. The Balaban J connectivity index is 1.76. The van der Waals surface area contributed by atoms with Crippen LogP contribution in [0.15, 0.2) is 29.2 Å². The van der Waals surface area contributed by atoms with Gasteiger partial charge in [0.15, 0.2) is 5.43 Å². The number of pyridine rings is 2. The van der Waals surface area contributed by atoms with E-state index in [2.05, 4.69) is 46.8 Å². The normalized spacial score (nSPS) is 18.9. The molecule has 3 aromatic rings. The molecule has 1 N–H and O–H groups in total. The Bertz CT molecular complexity index is 1150. The van der Waals surface area contributed by atoms with Gasteiger partial charge >= 0.3 is 0 Å². The van der Waals surface area contributed by atoms with Crippen LogP contribution in [0.4, 0.5) is 0 Å². The van der Waals surface area contributed by atoms with E-state index in [1.54, 1.807) is 12.3 Å². The third-order valence-electron chi connectivity index (χ3n) is 6.10. The summed E-state index contributed by atoms with van der Waals surface area (Å²) in [5.74, 6) is 0. The van der Waals surface area contributed by atoms with E-state index >= 15 is 0 Å². The first-order valence-corrected chi connectivity index (χ1v) is 10.2. The second kappa shape index (κ2) is 6.74. The van der Waals surface area contributed by atoms with Crippen molar-refractivity contribution in [3.8, 4) is 0 Å². The summed E-state index contributed by atoms with van der Waals surface area (Å²) in [5, 5.41) is 0.